The Morgan fingerprint density at radius 2 is 1.95 bits per heavy atom. The zero-order valence-electron chi connectivity index (χ0n) is 10.3. The fourth-order valence-electron chi connectivity index (χ4n) is 1.69. The number of nitrogens with zero attached hydrogens (tertiary/aromatic N) is 1. The van der Waals surface area contributed by atoms with Crippen molar-refractivity contribution in [3.63, 3.8) is 0 Å². The lowest BCUT2D eigenvalue weighted by atomic mass is 10.1. The molecule has 1 N–H and O–H groups in total. The van der Waals surface area contributed by atoms with Crippen LogP contribution in [0.1, 0.15) is 22.0 Å². The highest BCUT2D eigenvalue weighted by Gasteiger charge is 2.15. The lowest BCUT2D eigenvalue weighted by Gasteiger charge is -2.12. The zero-order valence-corrected chi connectivity index (χ0v) is 12.6. The van der Waals surface area contributed by atoms with Crippen molar-refractivity contribution in [2.24, 2.45) is 0 Å². The Kier molecular flexibility index (Phi) is 4.78. The molecule has 2 rings (SSSR count). The third-order valence-electron chi connectivity index (χ3n) is 2.72. The Morgan fingerprint density at radius 3 is 2.55 bits per heavy atom. The molecule has 0 aliphatic heterocycles. The van der Waals surface area contributed by atoms with E-state index in [2.05, 4.69) is 27.3 Å². The summed E-state index contributed by atoms with van der Waals surface area (Å²) in [5.41, 5.74) is 1.19. The predicted molar refractivity (Wildman–Crippen MR) is 81.4 cm³/mol. The van der Waals surface area contributed by atoms with E-state index in [1.54, 1.807) is 30.3 Å². The van der Waals surface area contributed by atoms with Crippen molar-refractivity contribution < 1.29 is 4.79 Å². The number of carbonyl (C=O) groups is 1. The Morgan fingerprint density at radius 1 is 1.25 bits per heavy atom. The molecule has 0 saturated carbocycles. The van der Waals surface area contributed by atoms with Gasteiger partial charge in [0.1, 0.15) is 6.04 Å². The first-order valence-electron chi connectivity index (χ1n) is 5.82. The van der Waals surface area contributed by atoms with E-state index in [4.69, 9.17) is 11.6 Å². The molecule has 0 saturated heterocycles. The van der Waals surface area contributed by atoms with Gasteiger partial charge >= 0.3 is 0 Å². The second-order valence-electron chi connectivity index (χ2n) is 4.08. The van der Waals surface area contributed by atoms with Crippen LogP contribution >= 0.6 is 27.5 Å². The van der Waals surface area contributed by atoms with Crippen molar-refractivity contribution in [3.8, 4) is 6.07 Å². The molecule has 0 aliphatic rings. The van der Waals surface area contributed by atoms with Crippen molar-refractivity contribution in [2.45, 2.75) is 6.04 Å². The Labute approximate surface area is 130 Å². The van der Waals surface area contributed by atoms with Gasteiger partial charge in [-0.15, -0.1) is 0 Å². The smallest absolute Gasteiger partial charge is 0.252 e. The Balaban J connectivity index is 2.18. The molecule has 100 valence electrons. The van der Waals surface area contributed by atoms with Gasteiger partial charge in [0.15, 0.2) is 0 Å². The van der Waals surface area contributed by atoms with E-state index in [-0.39, 0.29) is 5.91 Å². The summed E-state index contributed by atoms with van der Waals surface area (Å²) in [6.45, 7) is 0. The molecule has 0 aromatic heterocycles. The van der Waals surface area contributed by atoms with Crippen molar-refractivity contribution in [1.29, 1.82) is 5.26 Å². The molecule has 20 heavy (non-hydrogen) atoms. The molecular formula is C15H10BrClN2O. The van der Waals surface area contributed by atoms with Crippen LogP contribution in [0.5, 0.6) is 0 Å². The SMILES string of the molecule is N#CC(NC(=O)c1ccc(Cl)c(Br)c1)c1ccccc1. The minimum absolute atomic E-state index is 0.322. The first-order valence-corrected chi connectivity index (χ1v) is 6.99. The number of benzene rings is 2. The van der Waals surface area contributed by atoms with E-state index in [9.17, 15) is 10.1 Å². The van der Waals surface area contributed by atoms with Crippen LogP contribution in [0, 0.1) is 11.3 Å². The summed E-state index contributed by atoms with van der Waals surface area (Å²) in [6, 6.07) is 15.4. The highest BCUT2D eigenvalue weighted by Crippen LogP contribution is 2.23. The van der Waals surface area contributed by atoms with Crippen LogP contribution in [-0.4, -0.2) is 5.91 Å². The number of nitrogens with one attached hydrogen (secondary N) is 1. The van der Waals surface area contributed by atoms with Gasteiger partial charge in [-0.2, -0.15) is 5.26 Å². The van der Waals surface area contributed by atoms with Crippen LogP contribution in [0.15, 0.2) is 53.0 Å². The molecule has 0 spiro atoms. The molecule has 2 aromatic rings. The third kappa shape index (κ3) is 3.38. The maximum Gasteiger partial charge on any atom is 0.252 e. The van der Waals surface area contributed by atoms with Crippen LogP contribution in [0.2, 0.25) is 5.02 Å². The maximum absolute atomic E-state index is 12.1. The molecule has 0 radical (unpaired) electrons. The van der Waals surface area contributed by atoms with Gasteiger partial charge in [-0.1, -0.05) is 41.9 Å². The van der Waals surface area contributed by atoms with Crippen LogP contribution in [0.3, 0.4) is 0 Å². The average molecular weight is 350 g/mol. The summed E-state index contributed by atoms with van der Waals surface area (Å²) in [7, 11) is 0. The van der Waals surface area contributed by atoms with Gasteiger partial charge in [0.25, 0.3) is 5.91 Å². The summed E-state index contributed by atoms with van der Waals surface area (Å²) in [5.74, 6) is -0.322. The summed E-state index contributed by atoms with van der Waals surface area (Å²) in [6.07, 6.45) is 0. The molecule has 5 heteroatoms. The van der Waals surface area contributed by atoms with Gasteiger partial charge in [-0.25, -0.2) is 0 Å². The Bertz CT molecular complexity index is 667. The fraction of sp³-hybridized carbons (Fsp3) is 0.0667. The summed E-state index contributed by atoms with van der Waals surface area (Å²) in [4.78, 5) is 12.1. The number of carbonyl (C=O) groups excluding carboxylic acids is 1. The summed E-state index contributed by atoms with van der Waals surface area (Å²) in [5, 5.41) is 12.4. The van der Waals surface area contributed by atoms with Crippen molar-refractivity contribution in [3.05, 3.63) is 69.2 Å². The van der Waals surface area contributed by atoms with Gasteiger partial charge in [0.2, 0.25) is 0 Å². The highest BCUT2D eigenvalue weighted by molar-refractivity contribution is 9.10. The van der Waals surface area contributed by atoms with Crippen LogP contribution in [0.25, 0.3) is 0 Å². The van der Waals surface area contributed by atoms with Crippen molar-refractivity contribution in [2.75, 3.05) is 0 Å². The summed E-state index contributed by atoms with van der Waals surface area (Å²) < 4.78 is 0.639. The largest absolute Gasteiger partial charge is 0.333 e. The minimum atomic E-state index is -0.682. The summed E-state index contributed by atoms with van der Waals surface area (Å²) >= 11 is 9.15. The van der Waals surface area contributed by atoms with Gasteiger partial charge in [0.05, 0.1) is 11.1 Å². The second-order valence-corrected chi connectivity index (χ2v) is 5.34. The molecule has 0 heterocycles. The van der Waals surface area contributed by atoms with E-state index in [0.717, 1.165) is 5.56 Å². The molecule has 2 aromatic carbocycles. The van der Waals surface area contributed by atoms with Crippen molar-refractivity contribution >= 4 is 33.4 Å². The van der Waals surface area contributed by atoms with E-state index in [1.807, 2.05) is 18.2 Å². The van der Waals surface area contributed by atoms with Crippen molar-refractivity contribution in [1.82, 2.24) is 5.32 Å². The number of halogens is 2. The molecule has 0 bridgehead atoms. The van der Waals surface area contributed by atoms with Gasteiger partial charge in [-0.3, -0.25) is 4.79 Å². The second kappa shape index (κ2) is 6.56. The van der Waals surface area contributed by atoms with E-state index >= 15 is 0 Å². The first kappa shape index (κ1) is 14.6. The lowest BCUT2D eigenvalue weighted by Crippen LogP contribution is -2.27. The fourth-order valence-corrected chi connectivity index (χ4v) is 2.18. The molecule has 1 atom stereocenters. The standard InChI is InChI=1S/C15H10BrClN2O/c16-12-8-11(6-7-13(12)17)15(20)19-14(9-18)10-4-2-1-3-5-10/h1-8,14H,(H,19,20). The molecule has 1 amide bonds. The van der Waals surface area contributed by atoms with E-state index in [1.165, 1.54) is 0 Å². The van der Waals surface area contributed by atoms with Gasteiger partial charge < -0.3 is 5.32 Å². The van der Waals surface area contributed by atoms with E-state index in [0.29, 0.717) is 15.1 Å². The number of hydrogen-bond acceptors (Lipinski definition) is 2. The topological polar surface area (TPSA) is 52.9 Å². The molecule has 0 aliphatic carbocycles. The monoisotopic (exact) mass is 348 g/mol. The highest BCUT2D eigenvalue weighted by atomic mass is 79.9. The quantitative estimate of drug-likeness (QED) is 0.907. The van der Waals surface area contributed by atoms with Crippen LogP contribution < -0.4 is 5.32 Å². The Hall–Kier alpha value is -1.83. The van der Waals surface area contributed by atoms with Crippen LogP contribution in [0.4, 0.5) is 0 Å². The number of amides is 1. The van der Waals surface area contributed by atoms with Crippen LogP contribution in [-0.2, 0) is 0 Å². The average Bonchev–Trinajstić information content (AvgIpc) is 2.48. The normalized spacial score (nSPS) is 11.4. The molecule has 0 fully saturated rings. The first-order chi connectivity index (χ1) is 9.61. The zero-order chi connectivity index (χ0) is 14.5. The molecule has 3 nitrogen and oxygen atoms in total. The molecule has 1 unspecified atom stereocenters. The lowest BCUT2D eigenvalue weighted by molar-refractivity contribution is 0.0945. The van der Waals surface area contributed by atoms with Gasteiger partial charge in [0, 0.05) is 10.0 Å². The number of nitriles is 1. The third-order valence-corrected chi connectivity index (χ3v) is 3.93. The number of rotatable bonds is 3. The van der Waals surface area contributed by atoms with Gasteiger partial charge in [-0.05, 0) is 39.7 Å². The maximum atomic E-state index is 12.1. The number of hydrogen-bond donors (Lipinski definition) is 1. The minimum Gasteiger partial charge on any atom is -0.333 e. The van der Waals surface area contributed by atoms with E-state index < -0.39 is 6.04 Å². The molecular weight excluding hydrogens is 340 g/mol. The predicted octanol–water partition coefficient (Wildman–Crippen LogP) is 4.10.